The van der Waals surface area contributed by atoms with Crippen LogP contribution in [0.15, 0.2) is 22.8 Å². The number of amides is 1. The molecule has 0 saturated heterocycles. The lowest BCUT2D eigenvalue weighted by Crippen LogP contribution is -2.15. The van der Waals surface area contributed by atoms with Crippen molar-refractivity contribution in [3.05, 3.63) is 43.7 Å². The Bertz CT molecular complexity index is 594. The maximum absolute atomic E-state index is 13.5. The molecule has 0 spiro atoms. The third-order valence-electron chi connectivity index (χ3n) is 2.07. The van der Waals surface area contributed by atoms with Gasteiger partial charge in [0, 0.05) is 10.5 Å². The van der Waals surface area contributed by atoms with E-state index >= 15 is 0 Å². The molecule has 0 unspecified atom stereocenters. The van der Waals surface area contributed by atoms with Crippen LogP contribution in [-0.4, -0.2) is 16.1 Å². The van der Waals surface area contributed by atoms with Crippen molar-refractivity contribution in [3.8, 4) is 0 Å². The number of carbonyl (C=O) groups excluding carboxylic acids is 1. The summed E-state index contributed by atoms with van der Waals surface area (Å²) >= 11 is 4.90. The van der Waals surface area contributed by atoms with Crippen molar-refractivity contribution in [1.82, 2.24) is 10.2 Å². The first kappa shape index (κ1) is 13.4. The van der Waals surface area contributed by atoms with Crippen molar-refractivity contribution < 1.29 is 13.6 Å². The van der Waals surface area contributed by atoms with Gasteiger partial charge in [0.1, 0.15) is 11.5 Å². The Kier molecular flexibility index (Phi) is 3.95. The predicted molar refractivity (Wildman–Crippen MR) is 73.3 cm³/mol. The summed E-state index contributed by atoms with van der Waals surface area (Å²) in [6, 6.07) is 1.76. The second kappa shape index (κ2) is 5.31. The molecule has 2 aromatic rings. The van der Waals surface area contributed by atoms with Gasteiger partial charge in [0.15, 0.2) is 5.82 Å². The second-order valence-electron chi connectivity index (χ2n) is 3.29. The summed E-state index contributed by atoms with van der Waals surface area (Å²) in [5.74, 6) is -2.14. The van der Waals surface area contributed by atoms with Crippen molar-refractivity contribution in [2.75, 3.05) is 5.32 Å². The molecule has 0 aliphatic rings. The van der Waals surface area contributed by atoms with E-state index < -0.39 is 17.5 Å². The first-order chi connectivity index (χ1) is 8.49. The first-order valence-corrected chi connectivity index (χ1v) is 6.51. The number of halogens is 4. The van der Waals surface area contributed by atoms with Gasteiger partial charge in [-0.3, -0.25) is 9.89 Å². The van der Waals surface area contributed by atoms with Gasteiger partial charge in [0.05, 0.1) is 15.5 Å². The van der Waals surface area contributed by atoms with Gasteiger partial charge in [-0.1, -0.05) is 0 Å². The van der Waals surface area contributed by atoms with Gasteiger partial charge in [-0.2, -0.15) is 5.10 Å². The van der Waals surface area contributed by atoms with Crippen molar-refractivity contribution in [3.63, 3.8) is 0 Å². The lowest BCUT2D eigenvalue weighted by Gasteiger charge is -2.08. The molecule has 8 heteroatoms. The highest BCUT2D eigenvalue weighted by molar-refractivity contribution is 14.1. The molecule has 2 N–H and O–H groups in total. The van der Waals surface area contributed by atoms with Gasteiger partial charge in [-0.25, -0.2) is 8.78 Å². The maximum atomic E-state index is 13.5. The monoisotopic (exact) mass is 427 g/mol. The van der Waals surface area contributed by atoms with Gasteiger partial charge in [0.2, 0.25) is 0 Å². The number of rotatable bonds is 2. The SMILES string of the molecule is O=C(Nc1c(F)cc(F)cc1Br)c1[nH]ncc1I. The standard InChI is InChI=1S/C10H5BrF2IN3O/c11-5-1-4(12)2-6(13)8(5)16-10(18)9-7(14)3-15-17-9/h1-3H,(H,15,17)(H,16,18). The minimum absolute atomic E-state index is 0.119. The number of benzene rings is 1. The van der Waals surface area contributed by atoms with Crippen molar-refractivity contribution in [1.29, 1.82) is 0 Å². The van der Waals surface area contributed by atoms with Crippen molar-refractivity contribution in [2.45, 2.75) is 0 Å². The minimum atomic E-state index is -0.857. The van der Waals surface area contributed by atoms with E-state index in [1.54, 1.807) is 0 Å². The normalized spacial score (nSPS) is 10.4. The Morgan fingerprint density at radius 3 is 2.72 bits per heavy atom. The number of hydrogen-bond acceptors (Lipinski definition) is 2. The topological polar surface area (TPSA) is 57.8 Å². The summed E-state index contributed by atoms with van der Waals surface area (Å²) in [6.07, 6.45) is 1.46. The molecule has 0 bridgehead atoms. The van der Waals surface area contributed by atoms with Crippen molar-refractivity contribution >= 4 is 50.1 Å². The molecular weight excluding hydrogens is 423 g/mol. The molecule has 2 rings (SSSR count). The fraction of sp³-hybridized carbons (Fsp3) is 0. The molecule has 0 saturated carbocycles. The largest absolute Gasteiger partial charge is 0.317 e. The van der Waals surface area contributed by atoms with Crippen LogP contribution < -0.4 is 5.32 Å². The summed E-state index contributed by atoms with van der Waals surface area (Å²) in [6.45, 7) is 0. The zero-order valence-electron chi connectivity index (χ0n) is 8.60. The molecule has 18 heavy (non-hydrogen) atoms. The molecule has 1 heterocycles. The number of nitrogens with one attached hydrogen (secondary N) is 2. The number of aromatic nitrogens is 2. The first-order valence-electron chi connectivity index (χ1n) is 4.64. The predicted octanol–water partition coefficient (Wildman–Crippen LogP) is 3.31. The highest BCUT2D eigenvalue weighted by atomic mass is 127. The molecule has 1 aromatic heterocycles. The summed E-state index contributed by atoms with van der Waals surface area (Å²) in [7, 11) is 0. The van der Waals surface area contributed by atoms with Gasteiger partial charge < -0.3 is 5.32 Å². The third-order valence-corrected chi connectivity index (χ3v) is 3.51. The van der Waals surface area contributed by atoms with E-state index in [0.29, 0.717) is 9.64 Å². The third kappa shape index (κ3) is 2.69. The highest BCUT2D eigenvalue weighted by Crippen LogP contribution is 2.27. The summed E-state index contributed by atoms with van der Waals surface area (Å²) < 4.78 is 27.1. The lowest BCUT2D eigenvalue weighted by atomic mass is 10.3. The summed E-state index contributed by atoms with van der Waals surface area (Å²) in [5.41, 5.74) is 0.0954. The van der Waals surface area contributed by atoms with Crippen LogP contribution in [0.1, 0.15) is 10.5 Å². The van der Waals surface area contributed by atoms with Crippen LogP contribution in [0.3, 0.4) is 0 Å². The van der Waals surface area contributed by atoms with Gasteiger partial charge >= 0.3 is 0 Å². The van der Waals surface area contributed by atoms with Gasteiger partial charge in [0.25, 0.3) is 5.91 Å². The number of carbonyl (C=O) groups is 1. The molecule has 0 radical (unpaired) electrons. The quantitative estimate of drug-likeness (QED) is 0.722. The molecule has 0 fully saturated rings. The molecular formula is C10H5BrF2IN3O. The molecule has 0 aliphatic carbocycles. The van der Waals surface area contributed by atoms with E-state index in [4.69, 9.17) is 0 Å². The average molecular weight is 428 g/mol. The minimum Gasteiger partial charge on any atom is -0.317 e. The van der Waals surface area contributed by atoms with Gasteiger partial charge in [-0.05, 0) is 44.6 Å². The zero-order chi connectivity index (χ0) is 13.3. The van der Waals surface area contributed by atoms with Crippen LogP contribution in [-0.2, 0) is 0 Å². The van der Waals surface area contributed by atoms with Crippen LogP contribution in [0.2, 0.25) is 0 Å². The van der Waals surface area contributed by atoms with E-state index in [2.05, 4.69) is 31.4 Å². The number of hydrogen-bond donors (Lipinski definition) is 2. The van der Waals surface area contributed by atoms with Gasteiger partial charge in [-0.15, -0.1) is 0 Å². The zero-order valence-corrected chi connectivity index (χ0v) is 12.3. The average Bonchev–Trinajstić information content (AvgIpc) is 2.69. The van der Waals surface area contributed by atoms with E-state index in [1.807, 2.05) is 22.6 Å². The van der Waals surface area contributed by atoms with Crippen LogP contribution in [0.5, 0.6) is 0 Å². The van der Waals surface area contributed by atoms with Crippen LogP contribution in [0.4, 0.5) is 14.5 Å². The Morgan fingerprint density at radius 2 is 2.17 bits per heavy atom. The number of aromatic amines is 1. The number of anilines is 1. The Balaban J connectivity index is 2.31. The Labute approximate surface area is 122 Å². The van der Waals surface area contributed by atoms with E-state index in [1.165, 1.54) is 6.20 Å². The Hall–Kier alpha value is -1.03. The second-order valence-corrected chi connectivity index (χ2v) is 5.31. The number of nitrogens with zero attached hydrogens (tertiary/aromatic N) is 1. The molecule has 1 aromatic carbocycles. The van der Waals surface area contributed by atoms with Crippen LogP contribution in [0.25, 0.3) is 0 Å². The Morgan fingerprint density at radius 1 is 1.44 bits per heavy atom. The molecule has 4 nitrogen and oxygen atoms in total. The summed E-state index contributed by atoms with van der Waals surface area (Å²) in [4.78, 5) is 11.8. The highest BCUT2D eigenvalue weighted by Gasteiger charge is 2.16. The van der Waals surface area contributed by atoms with E-state index in [0.717, 1.165) is 6.07 Å². The number of H-pyrrole nitrogens is 1. The van der Waals surface area contributed by atoms with Crippen LogP contribution in [0, 0.1) is 15.2 Å². The van der Waals surface area contributed by atoms with E-state index in [9.17, 15) is 13.6 Å². The van der Waals surface area contributed by atoms with Crippen molar-refractivity contribution in [2.24, 2.45) is 0 Å². The maximum Gasteiger partial charge on any atom is 0.274 e. The van der Waals surface area contributed by atoms with E-state index in [-0.39, 0.29) is 15.9 Å². The molecule has 94 valence electrons. The molecule has 1 amide bonds. The molecule has 0 atom stereocenters. The fourth-order valence-corrected chi connectivity index (χ4v) is 2.28. The fourth-order valence-electron chi connectivity index (χ4n) is 1.27. The van der Waals surface area contributed by atoms with Crippen LogP contribution >= 0.6 is 38.5 Å². The lowest BCUT2D eigenvalue weighted by molar-refractivity contribution is 0.102. The summed E-state index contributed by atoms with van der Waals surface area (Å²) in [5, 5.41) is 8.52. The smallest absolute Gasteiger partial charge is 0.274 e. The molecule has 0 aliphatic heterocycles.